The van der Waals surface area contributed by atoms with Crippen LogP contribution in [0.3, 0.4) is 0 Å². The molecule has 2 atom stereocenters. The fourth-order valence-electron chi connectivity index (χ4n) is 2.09. The van der Waals surface area contributed by atoms with Gasteiger partial charge in [-0.15, -0.1) is 11.6 Å². The van der Waals surface area contributed by atoms with Gasteiger partial charge in [0.25, 0.3) is 0 Å². The monoisotopic (exact) mass is 258 g/mol. The Balaban J connectivity index is 2.19. The molecule has 0 saturated heterocycles. The molecule has 1 saturated carbocycles. The Bertz CT molecular complexity index is 401. The van der Waals surface area contributed by atoms with Crippen LogP contribution < -0.4 is 4.74 Å². The number of hydrogen-bond acceptors (Lipinski definition) is 1. The molecule has 0 radical (unpaired) electrons. The maximum Gasteiger partial charge on any atom is 0.137 e. The molecule has 88 valence electrons. The number of alkyl halides is 1. The third kappa shape index (κ3) is 2.16. The van der Waals surface area contributed by atoms with Crippen molar-refractivity contribution < 1.29 is 4.74 Å². The number of benzene rings is 1. The summed E-state index contributed by atoms with van der Waals surface area (Å²) >= 11 is 12.5. The van der Waals surface area contributed by atoms with Crippen molar-refractivity contribution in [3.63, 3.8) is 0 Å². The van der Waals surface area contributed by atoms with Gasteiger partial charge < -0.3 is 4.74 Å². The highest BCUT2D eigenvalue weighted by atomic mass is 35.5. The van der Waals surface area contributed by atoms with Gasteiger partial charge in [-0.2, -0.15) is 0 Å². The molecule has 16 heavy (non-hydrogen) atoms. The molecule has 2 rings (SSSR count). The van der Waals surface area contributed by atoms with Crippen molar-refractivity contribution in [1.29, 1.82) is 0 Å². The van der Waals surface area contributed by atoms with Crippen LogP contribution in [0.25, 0.3) is 0 Å². The number of rotatable bonds is 3. The quantitative estimate of drug-likeness (QED) is 0.716. The fourth-order valence-corrected chi connectivity index (χ4v) is 2.93. The zero-order valence-corrected chi connectivity index (χ0v) is 11.3. The van der Waals surface area contributed by atoms with E-state index in [1.807, 2.05) is 18.2 Å². The van der Waals surface area contributed by atoms with Crippen LogP contribution in [0.15, 0.2) is 18.2 Å². The lowest BCUT2D eigenvalue weighted by Gasteiger charge is -2.13. The molecule has 0 aromatic heterocycles. The first-order valence-electron chi connectivity index (χ1n) is 5.43. The molecule has 1 nitrogen and oxygen atoms in total. The summed E-state index contributed by atoms with van der Waals surface area (Å²) in [6.45, 7) is 4.50. The van der Waals surface area contributed by atoms with Crippen LogP contribution in [-0.2, 0) is 0 Å². The van der Waals surface area contributed by atoms with Crippen LogP contribution >= 0.6 is 23.2 Å². The molecule has 1 aromatic rings. The molecule has 0 aliphatic heterocycles. The third-order valence-corrected chi connectivity index (χ3v) is 4.29. The lowest BCUT2D eigenvalue weighted by Crippen LogP contribution is -1.99. The van der Waals surface area contributed by atoms with E-state index in [2.05, 4.69) is 13.8 Å². The van der Waals surface area contributed by atoms with Gasteiger partial charge in [0.1, 0.15) is 5.75 Å². The summed E-state index contributed by atoms with van der Waals surface area (Å²) in [6.07, 6.45) is 1.19. The molecule has 0 bridgehead atoms. The molecule has 0 N–H and O–H groups in total. The van der Waals surface area contributed by atoms with Crippen LogP contribution in [-0.4, -0.2) is 7.11 Å². The molecule has 2 unspecified atom stereocenters. The second-order valence-electron chi connectivity index (χ2n) is 5.09. The number of ether oxygens (including phenoxy) is 1. The molecule has 0 heterocycles. The largest absolute Gasteiger partial charge is 0.495 e. The van der Waals surface area contributed by atoms with Crippen LogP contribution in [0.1, 0.15) is 31.2 Å². The zero-order valence-electron chi connectivity index (χ0n) is 9.76. The first kappa shape index (κ1) is 12.1. The SMILES string of the molecule is COc1ccc(C(Cl)C2CC2(C)C)cc1Cl. The van der Waals surface area contributed by atoms with E-state index < -0.39 is 0 Å². The lowest BCUT2D eigenvalue weighted by molar-refractivity contribution is 0.414. The van der Waals surface area contributed by atoms with E-state index in [4.69, 9.17) is 27.9 Å². The summed E-state index contributed by atoms with van der Waals surface area (Å²) in [5.41, 5.74) is 1.46. The molecular weight excluding hydrogens is 243 g/mol. The Morgan fingerprint density at radius 2 is 2.06 bits per heavy atom. The Labute approximate surface area is 107 Å². The standard InChI is InChI=1S/C13H16Cl2O/c1-13(2)7-9(13)12(15)8-4-5-11(16-3)10(14)6-8/h4-6,9,12H,7H2,1-3H3. The van der Waals surface area contributed by atoms with Crippen LogP contribution in [0, 0.1) is 11.3 Å². The van der Waals surface area contributed by atoms with E-state index in [1.54, 1.807) is 7.11 Å². The van der Waals surface area contributed by atoms with Crippen molar-refractivity contribution >= 4 is 23.2 Å². The van der Waals surface area contributed by atoms with Gasteiger partial charge in [0.15, 0.2) is 0 Å². The second kappa shape index (κ2) is 4.12. The first-order chi connectivity index (χ1) is 7.45. The number of halogens is 2. The average molecular weight is 259 g/mol. The van der Waals surface area contributed by atoms with Gasteiger partial charge in [0.2, 0.25) is 0 Å². The predicted molar refractivity (Wildman–Crippen MR) is 68.5 cm³/mol. The van der Waals surface area contributed by atoms with Crippen molar-refractivity contribution in [2.24, 2.45) is 11.3 Å². The summed E-state index contributed by atoms with van der Waals surface area (Å²) in [7, 11) is 1.61. The van der Waals surface area contributed by atoms with Gasteiger partial charge in [-0.05, 0) is 35.4 Å². The Hall–Kier alpha value is -0.400. The van der Waals surface area contributed by atoms with Crippen molar-refractivity contribution in [1.82, 2.24) is 0 Å². The van der Waals surface area contributed by atoms with E-state index in [9.17, 15) is 0 Å². The summed E-state index contributed by atoms with van der Waals surface area (Å²) in [4.78, 5) is 0. The molecule has 3 heteroatoms. The third-order valence-electron chi connectivity index (χ3n) is 3.44. The normalized spacial score (nSPS) is 23.9. The van der Waals surface area contributed by atoms with Gasteiger partial charge in [0.05, 0.1) is 17.5 Å². The minimum atomic E-state index is 0.0541. The fraction of sp³-hybridized carbons (Fsp3) is 0.538. The van der Waals surface area contributed by atoms with Crippen LogP contribution in [0.5, 0.6) is 5.75 Å². The van der Waals surface area contributed by atoms with E-state index in [-0.39, 0.29) is 5.38 Å². The number of hydrogen-bond donors (Lipinski definition) is 0. The highest BCUT2D eigenvalue weighted by molar-refractivity contribution is 6.32. The van der Waals surface area contributed by atoms with Crippen molar-refractivity contribution in [2.75, 3.05) is 7.11 Å². The molecular formula is C13H16Cl2O. The minimum absolute atomic E-state index is 0.0541. The molecule has 1 fully saturated rings. The van der Waals surface area contributed by atoms with Gasteiger partial charge in [0, 0.05) is 0 Å². The first-order valence-corrected chi connectivity index (χ1v) is 6.24. The molecule has 1 aliphatic carbocycles. The summed E-state index contributed by atoms with van der Waals surface area (Å²) in [5, 5.41) is 0.683. The van der Waals surface area contributed by atoms with E-state index >= 15 is 0 Å². The number of methoxy groups -OCH3 is 1. The minimum Gasteiger partial charge on any atom is -0.495 e. The average Bonchev–Trinajstić information content (AvgIpc) is 2.86. The molecule has 0 spiro atoms. The van der Waals surface area contributed by atoms with Crippen molar-refractivity contribution in [3.8, 4) is 5.75 Å². The summed E-state index contributed by atoms with van der Waals surface area (Å²) < 4.78 is 5.12. The highest BCUT2D eigenvalue weighted by Gasteiger charge is 2.49. The predicted octanol–water partition coefficient (Wildman–Crippen LogP) is 4.67. The topological polar surface area (TPSA) is 9.23 Å². The van der Waals surface area contributed by atoms with Crippen molar-refractivity contribution in [3.05, 3.63) is 28.8 Å². The van der Waals surface area contributed by atoms with E-state index in [1.165, 1.54) is 6.42 Å². The summed E-state index contributed by atoms with van der Waals surface area (Å²) in [5.74, 6) is 1.25. The smallest absolute Gasteiger partial charge is 0.137 e. The highest BCUT2D eigenvalue weighted by Crippen LogP contribution is 2.60. The van der Waals surface area contributed by atoms with Crippen molar-refractivity contribution in [2.45, 2.75) is 25.6 Å². The van der Waals surface area contributed by atoms with Crippen LogP contribution in [0.4, 0.5) is 0 Å². The summed E-state index contributed by atoms with van der Waals surface area (Å²) in [6, 6.07) is 5.78. The molecule has 1 aromatic carbocycles. The maximum atomic E-state index is 6.46. The van der Waals surface area contributed by atoms with Gasteiger partial charge in [-0.25, -0.2) is 0 Å². The second-order valence-corrected chi connectivity index (χ2v) is 5.97. The molecule has 0 amide bonds. The Morgan fingerprint density at radius 3 is 2.50 bits per heavy atom. The zero-order chi connectivity index (χ0) is 11.9. The maximum absolute atomic E-state index is 6.46. The van der Waals surface area contributed by atoms with Gasteiger partial charge >= 0.3 is 0 Å². The lowest BCUT2D eigenvalue weighted by atomic mass is 10.0. The molecule has 1 aliphatic rings. The Kier molecular flexibility index (Phi) is 3.11. The van der Waals surface area contributed by atoms with E-state index in [0.717, 1.165) is 5.56 Å². The Morgan fingerprint density at radius 1 is 1.44 bits per heavy atom. The van der Waals surface area contributed by atoms with E-state index in [0.29, 0.717) is 22.1 Å². The van der Waals surface area contributed by atoms with Gasteiger partial charge in [-0.1, -0.05) is 31.5 Å². The van der Waals surface area contributed by atoms with Gasteiger partial charge in [-0.3, -0.25) is 0 Å². The van der Waals surface area contributed by atoms with Crippen LogP contribution in [0.2, 0.25) is 5.02 Å².